The number of carbonyl (C=O) groups excluding carboxylic acids is 1. The second kappa shape index (κ2) is 6.00. The van der Waals surface area contributed by atoms with Crippen LogP contribution in [0.3, 0.4) is 0 Å². The molecule has 0 aliphatic carbocycles. The summed E-state index contributed by atoms with van der Waals surface area (Å²) in [6.07, 6.45) is 6.58. The first-order chi connectivity index (χ1) is 8.76. The Kier molecular flexibility index (Phi) is 4.36. The normalized spacial score (nSPS) is 17.1. The zero-order valence-electron chi connectivity index (χ0n) is 11.0. The molecule has 2 rings (SSSR count). The van der Waals surface area contributed by atoms with Gasteiger partial charge in [-0.3, -0.25) is 4.79 Å². The van der Waals surface area contributed by atoms with Gasteiger partial charge in [0.15, 0.2) is 0 Å². The molecule has 1 atom stereocenters. The lowest BCUT2D eigenvalue weighted by molar-refractivity contribution is -0.134. The number of aromatic nitrogens is 2. The fraction of sp³-hybridized carbons (Fsp3) is 0.692. The highest BCUT2D eigenvalue weighted by atomic mass is 16.2. The van der Waals surface area contributed by atoms with Crippen LogP contribution in [0, 0.1) is 5.92 Å². The summed E-state index contributed by atoms with van der Waals surface area (Å²) in [6.45, 7) is 5.14. The summed E-state index contributed by atoms with van der Waals surface area (Å²) in [4.78, 5) is 18.4. The van der Waals surface area contributed by atoms with Crippen molar-refractivity contribution in [2.45, 2.75) is 32.7 Å². The fourth-order valence-electron chi connectivity index (χ4n) is 2.52. The lowest BCUT2D eigenvalue weighted by atomic mass is 10.0. The van der Waals surface area contributed by atoms with E-state index in [2.05, 4.69) is 16.5 Å². The van der Waals surface area contributed by atoms with Gasteiger partial charge in [0.05, 0.1) is 12.2 Å². The van der Waals surface area contributed by atoms with Gasteiger partial charge in [-0.05, 0) is 19.8 Å². The van der Waals surface area contributed by atoms with E-state index in [-0.39, 0.29) is 11.8 Å². The summed E-state index contributed by atoms with van der Waals surface area (Å²) in [7, 11) is 0. The van der Waals surface area contributed by atoms with Crippen LogP contribution < -0.4 is 5.73 Å². The van der Waals surface area contributed by atoms with Crippen molar-refractivity contribution in [3.8, 4) is 0 Å². The van der Waals surface area contributed by atoms with Gasteiger partial charge in [-0.2, -0.15) is 0 Å². The molecule has 0 bridgehead atoms. The van der Waals surface area contributed by atoms with Gasteiger partial charge >= 0.3 is 0 Å². The molecule has 2 N–H and O–H groups in total. The number of likely N-dealkylation sites (tertiary alicyclic amines) is 1. The number of amides is 1. The third kappa shape index (κ3) is 2.72. The average molecular weight is 250 g/mol. The zero-order chi connectivity index (χ0) is 13.0. The van der Waals surface area contributed by atoms with E-state index in [0.717, 1.165) is 38.2 Å². The second-order valence-electron chi connectivity index (χ2n) is 4.84. The number of hydrogen-bond donors (Lipinski definition) is 1. The minimum absolute atomic E-state index is 0.106. The van der Waals surface area contributed by atoms with Gasteiger partial charge in [0.2, 0.25) is 5.91 Å². The number of hydrogen-bond acceptors (Lipinski definition) is 3. The van der Waals surface area contributed by atoms with Crippen molar-refractivity contribution in [3.63, 3.8) is 0 Å². The van der Waals surface area contributed by atoms with Crippen LogP contribution in [0.5, 0.6) is 0 Å². The lowest BCUT2D eigenvalue weighted by Gasteiger charge is -2.22. The van der Waals surface area contributed by atoms with Gasteiger partial charge in [-0.15, -0.1) is 0 Å². The molecule has 5 nitrogen and oxygen atoms in total. The molecule has 0 radical (unpaired) electrons. The van der Waals surface area contributed by atoms with Crippen LogP contribution in [0.25, 0.3) is 0 Å². The topological polar surface area (TPSA) is 64.2 Å². The molecule has 0 spiro atoms. The predicted molar refractivity (Wildman–Crippen MR) is 70.0 cm³/mol. The predicted octanol–water partition coefficient (Wildman–Crippen LogP) is 0.643. The van der Waals surface area contributed by atoms with E-state index in [1.807, 2.05) is 17.4 Å². The highest BCUT2D eigenvalue weighted by molar-refractivity contribution is 5.79. The van der Waals surface area contributed by atoms with Gasteiger partial charge < -0.3 is 15.2 Å². The van der Waals surface area contributed by atoms with E-state index in [1.54, 1.807) is 0 Å². The fourth-order valence-corrected chi connectivity index (χ4v) is 2.52. The number of carbonyl (C=O) groups is 1. The average Bonchev–Trinajstić information content (AvgIpc) is 3.05. The van der Waals surface area contributed by atoms with Gasteiger partial charge in [0, 0.05) is 44.5 Å². The molecule has 18 heavy (non-hydrogen) atoms. The van der Waals surface area contributed by atoms with E-state index in [0.29, 0.717) is 13.0 Å². The van der Waals surface area contributed by atoms with Crippen LogP contribution in [0.1, 0.15) is 25.5 Å². The molecule has 1 saturated heterocycles. The van der Waals surface area contributed by atoms with E-state index in [1.165, 1.54) is 0 Å². The maximum Gasteiger partial charge on any atom is 0.227 e. The summed E-state index contributed by atoms with van der Waals surface area (Å²) in [5.41, 5.74) is 6.87. The van der Waals surface area contributed by atoms with Crippen molar-refractivity contribution >= 4 is 5.91 Å². The first-order valence-corrected chi connectivity index (χ1v) is 6.74. The summed E-state index contributed by atoms with van der Waals surface area (Å²) in [5.74, 6) is 0.101. The van der Waals surface area contributed by atoms with Crippen LogP contribution in [0.15, 0.2) is 12.5 Å². The van der Waals surface area contributed by atoms with Crippen LogP contribution in [0.4, 0.5) is 0 Å². The number of nitrogens with two attached hydrogens (primary N) is 1. The Bertz CT molecular complexity index is 395. The molecule has 100 valence electrons. The summed E-state index contributed by atoms with van der Waals surface area (Å²) in [5, 5.41) is 0. The highest BCUT2D eigenvalue weighted by Crippen LogP contribution is 2.15. The van der Waals surface area contributed by atoms with Gasteiger partial charge in [-0.25, -0.2) is 4.98 Å². The molecule has 0 aromatic carbocycles. The monoisotopic (exact) mass is 250 g/mol. The molecule has 0 saturated carbocycles. The van der Waals surface area contributed by atoms with Gasteiger partial charge in [0.25, 0.3) is 0 Å². The molecule has 5 heteroatoms. The Morgan fingerprint density at radius 1 is 1.50 bits per heavy atom. The maximum atomic E-state index is 12.3. The second-order valence-corrected chi connectivity index (χ2v) is 4.84. The van der Waals surface area contributed by atoms with Crippen molar-refractivity contribution < 1.29 is 4.79 Å². The number of nitrogens with zero attached hydrogens (tertiary/aromatic N) is 3. The SMILES string of the molecule is CCn1cncc1CC(CN)C(=O)N1CCCC1. The first-order valence-electron chi connectivity index (χ1n) is 6.74. The smallest absolute Gasteiger partial charge is 0.227 e. The summed E-state index contributed by atoms with van der Waals surface area (Å²) >= 11 is 0. The molecule has 1 amide bonds. The van der Waals surface area contributed by atoms with Crippen LogP contribution in [-0.4, -0.2) is 40.0 Å². The van der Waals surface area contributed by atoms with Crippen LogP contribution in [-0.2, 0) is 17.8 Å². The molecule has 2 heterocycles. The molecule has 1 aromatic rings. The van der Waals surface area contributed by atoms with Crippen molar-refractivity contribution in [1.82, 2.24) is 14.5 Å². The first kappa shape index (κ1) is 13.1. The standard InChI is InChI=1S/C13H22N4O/c1-2-16-10-15-9-12(16)7-11(8-14)13(18)17-5-3-4-6-17/h9-11H,2-8,14H2,1H3. The van der Waals surface area contributed by atoms with Gasteiger partial charge in [0.1, 0.15) is 0 Å². The van der Waals surface area contributed by atoms with Crippen molar-refractivity contribution in [3.05, 3.63) is 18.2 Å². The lowest BCUT2D eigenvalue weighted by Crippen LogP contribution is -2.38. The van der Waals surface area contributed by atoms with Crippen molar-refractivity contribution in [2.75, 3.05) is 19.6 Å². The van der Waals surface area contributed by atoms with Crippen LogP contribution in [0.2, 0.25) is 0 Å². The van der Waals surface area contributed by atoms with E-state index < -0.39 is 0 Å². The Hall–Kier alpha value is -1.36. The molecule has 1 unspecified atom stereocenters. The quantitative estimate of drug-likeness (QED) is 0.834. The van der Waals surface area contributed by atoms with Gasteiger partial charge in [-0.1, -0.05) is 0 Å². The summed E-state index contributed by atoms with van der Waals surface area (Å²) < 4.78 is 2.07. The summed E-state index contributed by atoms with van der Waals surface area (Å²) in [6, 6.07) is 0. The van der Waals surface area contributed by atoms with E-state index in [9.17, 15) is 4.79 Å². The molecule has 1 aliphatic rings. The Balaban J connectivity index is 2.02. The largest absolute Gasteiger partial charge is 0.342 e. The minimum Gasteiger partial charge on any atom is -0.342 e. The van der Waals surface area contributed by atoms with Crippen LogP contribution >= 0.6 is 0 Å². The maximum absolute atomic E-state index is 12.3. The Morgan fingerprint density at radius 3 is 2.83 bits per heavy atom. The van der Waals surface area contributed by atoms with Crippen molar-refractivity contribution in [1.29, 1.82) is 0 Å². The van der Waals surface area contributed by atoms with E-state index in [4.69, 9.17) is 5.73 Å². The zero-order valence-corrected chi connectivity index (χ0v) is 11.0. The molecule has 1 aliphatic heterocycles. The molecular formula is C13H22N4O. The minimum atomic E-state index is -0.106. The molecule has 1 aromatic heterocycles. The third-order valence-electron chi connectivity index (χ3n) is 3.65. The Labute approximate surface area is 108 Å². The number of imidazole rings is 1. The Morgan fingerprint density at radius 2 is 2.22 bits per heavy atom. The molecule has 1 fully saturated rings. The molecular weight excluding hydrogens is 228 g/mol. The van der Waals surface area contributed by atoms with E-state index >= 15 is 0 Å². The third-order valence-corrected chi connectivity index (χ3v) is 3.65. The highest BCUT2D eigenvalue weighted by Gasteiger charge is 2.26. The van der Waals surface area contributed by atoms with Crippen molar-refractivity contribution in [2.24, 2.45) is 11.7 Å². The number of aryl methyl sites for hydroxylation is 1. The number of rotatable bonds is 5.